The molecule has 0 radical (unpaired) electrons. The lowest BCUT2D eigenvalue weighted by molar-refractivity contribution is -0.114. The highest BCUT2D eigenvalue weighted by Gasteiger charge is 2.24. The molecule has 2 aromatic heterocycles. The Kier molecular flexibility index (Phi) is 7.91. The molecule has 2 aromatic carbocycles. The summed E-state index contributed by atoms with van der Waals surface area (Å²) in [6.45, 7) is 3.57. The van der Waals surface area contributed by atoms with E-state index in [1.807, 2.05) is 6.92 Å². The predicted molar refractivity (Wildman–Crippen MR) is 144 cm³/mol. The van der Waals surface area contributed by atoms with Gasteiger partial charge in [-0.1, -0.05) is 46.4 Å². The third-order valence-corrected chi connectivity index (χ3v) is 7.45. The molecular formula is C22H18Cl4N6O4S. The Bertz CT molecular complexity index is 1590. The van der Waals surface area contributed by atoms with Gasteiger partial charge in [-0.05, 0) is 49.4 Å². The maximum atomic E-state index is 13.1. The van der Waals surface area contributed by atoms with Gasteiger partial charge in [-0.25, -0.2) is 18.0 Å². The molecule has 0 saturated carbocycles. The smallest absolute Gasteiger partial charge is 0.261 e. The van der Waals surface area contributed by atoms with Crippen LogP contribution < -0.4 is 14.8 Å². The van der Waals surface area contributed by atoms with E-state index in [1.54, 1.807) is 12.1 Å². The number of sulfonamides is 1. The zero-order valence-corrected chi connectivity index (χ0v) is 23.0. The summed E-state index contributed by atoms with van der Waals surface area (Å²) in [6, 6.07) is 10.5. The quantitative estimate of drug-likeness (QED) is 0.225. The third kappa shape index (κ3) is 5.81. The van der Waals surface area contributed by atoms with Crippen LogP contribution in [-0.2, 0) is 14.8 Å². The molecule has 10 nitrogen and oxygen atoms in total. The number of nitrogens with zero attached hydrogens (tertiary/aromatic N) is 3. The molecule has 0 fully saturated rings. The number of carbonyl (C=O) groups excluding carboxylic acids is 1. The minimum absolute atomic E-state index is 0.00184. The lowest BCUT2D eigenvalue weighted by Crippen LogP contribution is -2.13. The molecule has 1 amide bonds. The van der Waals surface area contributed by atoms with Gasteiger partial charge in [0.15, 0.2) is 10.3 Å². The van der Waals surface area contributed by atoms with Gasteiger partial charge in [0.1, 0.15) is 16.6 Å². The van der Waals surface area contributed by atoms with Crippen molar-refractivity contribution < 1.29 is 17.9 Å². The molecule has 0 bridgehead atoms. The summed E-state index contributed by atoms with van der Waals surface area (Å²) in [6.07, 6.45) is 0. The Morgan fingerprint density at radius 3 is 2.43 bits per heavy atom. The molecule has 2 heterocycles. The van der Waals surface area contributed by atoms with Gasteiger partial charge in [-0.3, -0.25) is 14.8 Å². The van der Waals surface area contributed by atoms with Gasteiger partial charge in [-0.15, -0.1) is 0 Å². The van der Waals surface area contributed by atoms with Gasteiger partial charge >= 0.3 is 0 Å². The van der Waals surface area contributed by atoms with Gasteiger partial charge in [0.25, 0.3) is 10.0 Å². The Morgan fingerprint density at radius 1 is 1.08 bits per heavy atom. The molecule has 4 aromatic rings. The largest absolute Gasteiger partial charge is 0.494 e. The monoisotopic (exact) mass is 602 g/mol. The van der Waals surface area contributed by atoms with Crippen molar-refractivity contribution in [1.82, 2.24) is 19.5 Å². The number of amides is 1. The molecule has 3 N–H and O–H groups in total. The Hall–Kier alpha value is -2.96. The summed E-state index contributed by atoms with van der Waals surface area (Å²) in [5.41, 5.74) is 0.589. The Morgan fingerprint density at radius 2 is 1.78 bits per heavy atom. The first kappa shape index (κ1) is 27.1. The second-order valence-electron chi connectivity index (χ2n) is 7.46. The summed E-state index contributed by atoms with van der Waals surface area (Å²) in [5, 5.41) is 2.73. The molecule has 194 valence electrons. The van der Waals surface area contributed by atoms with E-state index < -0.39 is 15.9 Å². The molecule has 4 rings (SSSR count). The number of imidazole rings is 2. The van der Waals surface area contributed by atoms with Crippen molar-refractivity contribution in [3.05, 3.63) is 62.9 Å². The van der Waals surface area contributed by atoms with Gasteiger partial charge < -0.3 is 9.72 Å². The van der Waals surface area contributed by atoms with Crippen molar-refractivity contribution in [2.24, 2.45) is 0 Å². The van der Waals surface area contributed by atoms with Crippen LogP contribution in [0.2, 0.25) is 20.5 Å². The van der Waals surface area contributed by atoms with Crippen LogP contribution in [0.15, 0.2) is 47.4 Å². The highest BCUT2D eigenvalue weighted by Crippen LogP contribution is 2.37. The summed E-state index contributed by atoms with van der Waals surface area (Å²) < 4.78 is 35.4. The van der Waals surface area contributed by atoms with Crippen LogP contribution in [-0.4, -0.2) is 40.5 Å². The van der Waals surface area contributed by atoms with E-state index in [1.165, 1.54) is 41.8 Å². The SMILES string of the molecule is CCOc1ccc(S(=O)(=O)Nc2ccc(Cl)cc2-c2nc(-n3c(NC(C)=O)nc(Cl)c3Cl)[nH]c2Cl)cc1. The number of benzene rings is 2. The molecule has 0 unspecified atom stereocenters. The van der Waals surface area contributed by atoms with Crippen LogP contribution >= 0.6 is 46.4 Å². The van der Waals surface area contributed by atoms with Crippen molar-refractivity contribution in [1.29, 1.82) is 0 Å². The Balaban J connectivity index is 1.75. The second kappa shape index (κ2) is 10.8. The zero-order valence-electron chi connectivity index (χ0n) is 19.1. The number of hydrogen-bond acceptors (Lipinski definition) is 6. The summed E-state index contributed by atoms with van der Waals surface area (Å²) in [5.74, 6) is 0.190. The van der Waals surface area contributed by atoms with Gasteiger partial charge in [-0.2, -0.15) is 4.98 Å². The molecule has 0 spiro atoms. The number of aromatic amines is 1. The molecule has 37 heavy (non-hydrogen) atoms. The zero-order chi connectivity index (χ0) is 26.9. The fourth-order valence-electron chi connectivity index (χ4n) is 3.32. The molecular weight excluding hydrogens is 586 g/mol. The second-order valence-corrected chi connectivity index (χ2v) is 10.7. The third-order valence-electron chi connectivity index (χ3n) is 4.86. The minimum Gasteiger partial charge on any atom is -0.494 e. The van der Waals surface area contributed by atoms with Crippen LogP contribution in [0.4, 0.5) is 11.6 Å². The first-order chi connectivity index (χ1) is 17.5. The van der Waals surface area contributed by atoms with E-state index in [9.17, 15) is 13.2 Å². The number of nitrogens with one attached hydrogen (secondary N) is 3. The number of ether oxygens (including phenoxy) is 1. The summed E-state index contributed by atoms with van der Waals surface area (Å²) in [4.78, 5) is 22.9. The van der Waals surface area contributed by atoms with Crippen LogP contribution in [0, 0.1) is 0 Å². The van der Waals surface area contributed by atoms with E-state index in [2.05, 4.69) is 25.0 Å². The van der Waals surface area contributed by atoms with Gasteiger partial charge in [0.2, 0.25) is 17.8 Å². The van der Waals surface area contributed by atoms with E-state index >= 15 is 0 Å². The van der Waals surface area contributed by atoms with Gasteiger partial charge in [0.05, 0.1) is 17.2 Å². The normalized spacial score (nSPS) is 11.4. The van der Waals surface area contributed by atoms with Crippen molar-refractivity contribution in [3.63, 3.8) is 0 Å². The van der Waals surface area contributed by atoms with Crippen LogP contribution in [0.5, 0.6) is 5.75 Å². The number of anilines is 2. The maximum absolute atomic E-state index is 13.1. The lowest BCUT2D eigenvalue weighted by Gasteiger charge is -2.13. The van der Waals surface area contributed by atoms with Crippen molar-refractivity contribution in [3.8, 4) is 23.0 Å². The molecule has 15 heteroatoms. The molecule has 0 aliphatic heterocycles. The number of H-pyrrole nitrogens is 1. The average Bonchev–Trinajstić information content (AvgIpc) is 3.33. The lowest BCUT2D eigenvalue weighted by atomic mass is 10.1. The standard InChI is InChI=1S/C22H18Cl4N6O4S/c1-3-36-13-5-7-14(8-6-13)37(34,35)31-16-9-4-12(23)10-15(16)17-18(24)29-22(28-17)32-20(26)19(25)30-21(32)27-11(2)33/h4-10,31H,3H2,1-2H3,(H,28,29)(H,27,30,33). The fraction of sp³-hybridized carbons (Fsp3) is 0.136. The first-order valence-electron chi connectivity index (χ1n) is 10.5. The fourth-order valence-corrected chi connectivity index (χ4v) is 5.17. The number of carbonyl (C=O) groups is 1. The molecule has 0 aliphatic carbocycles. The van der Waals surface area contributed by atoms with E-state index in [0.29, 0.717) is 17.4 Å². The molecule has 0 aliphatic rings. The minimum atomic E-state index is -4.00. The Labute approximate surface area is 231 Å². The summed E-state index contributed by atoms with van der Waals surface area (Å²) >= 11 is 25.0. The average molecular weight is 604 g/mol. The number of halogens is 4. The predicted octanol–water partition coefficient (Wildman–Crippen LogP) is 6.03. The van der Waals surface area contributed by atoms with Crippen molar-refractivity contribution in [2.45, 2.75) is 18.7 Å². The maximum Gasteiger partial charge on any atom is 0.261 e. The summed E-state index contributed by atoms with van der Waals surface area (Å²) in [7, 11) is -4.00. The highest BCUT2D eigenvalue weighted by molar-refractivity contribution is 7.92. The van der Waals surface area contributed by atoms with Crippen LogP contribution in [0.25, 0.3) is 17.2 Å². The number of aromatic nitrogens is 4. The van der Waals surface area contributed by atoms with E-state index in [4.69, 9.17) is 51.1 Å². The van der Waals surface area contributed by atoms with E-state index in [-0.39, 0.29) is 49.2 Å². The van der Waals surface area contributed by atoms with Crippen LogP contribution in [0.3, 0.4) is 0 Å². The molecule has 0 atom stereocenters. The van der Waals surface area contributed by atoms with Crippen LogP contribution in [0.1, 0.15) is 13.8 Å². The molecule has 0 saturated heterocycles. The topological polar surface area (TPSA) is 131 Å². The van der Waals surface area contributed by atoms with Gasteiger partial charge in [0, 0.05) is 17.5 Å². The number of hydrogen-bond donors (Lipinski definition) is 3. The number of rotatable bonds is 8. The van der Waals surface area contributed by atoms with Crippen molar-refractivity contribution in [2.75, 3.05) is 16.6 Å². The first-order valence-corrected chi connectivity index (χ1v) is 13.5. The highest BCUT2D eigenvalue weighted by atomic mass is 35.5. The van der Waals surface area contributed by atoms with Crippen molar-refractivity contribution >= 4 is 74.0 Å². The van der Waals surface area contributed by atoms with E-state index in [0.717, 1.165) is 0 Å².